The van der Waals surface area contributed by atoms with E-state index in [-0.39, 0.29) is 12.5 Å². The fourth-order valence-corrected chi connectivity index (χ4v) is 3.50. The third-order valence-corrected chi connectivity index (χ3v) is 4.75. The van der Waals surface area contributed by atoms with Crippen molar-refractivity contribution in [1.29, 1.82) is 0 Å². The Morgan fingerprint density at radius 2 is 1.96 bits per heavy atom. The summed E-state index contributed by atoms with van der Waals surface area (Å²) in [6.45, 7) is 2.30. The first kappa shape index (κ1) is 19.5. The van der Waals surface area contributed by atoms with E-state index in [4.69, 9.17) is 32.7 Å². The summed E-state index contributed by atoms with van der Waals surface area (Å²) in [6.07, 6.45) is 0. The molecule has 0 unspecified atom stereocenters. The number of rotatable bonds is 7. The van der Waals surface area contributed by atoms with Crippen molar-refractivity contribution in [2.75, 3.05) is 18.5 Å². The number of carbonyl (C=O) groups excluding carboxylic acids is 1. The fourth-order valence-electron chi connectivity index (χ4n) is 2.31. The van der Waals surface area contributed by atoms with Crippen LogP contribution in [0.3, 0.4) is 0 Å². The lowest BCUT2D eigenvalue weighted by Gasteiger charge is -2.08. The number of anilines is 1. The zero-order chi connectivity index (χ0) is 19.2. The molecule has 0 radical (unpaired) electrons. The van der Waals surface area contributed by atoms with E-state index in [1.54, 1.807) is 18.2 Å². The monoisotopic (exact) mass is 422 g/mol. The van der Waals surface area contributed by atoms with Crippen molar-refractivity contribution < 1.29 is 14.3 Å². The van der Waals surface area contributed by atoms with Gasteiger partial charge < -0.3 is 9.47 Å². The number of halogens is 2. The van der Waals surface area contributed by atoms with Crippen LogP contribution in [0.2, 0.25) is 10.0 Å². The number of ether oxygens (including phenoxy) is 2. The van der Waals surface area contributed by atoms with Crippen LogP contribution in [0.1, 0.15) is 6.92 Å². The highest BCUT2D eigenvalue weighted by Gasteiger charge is 2.12. The molecule has 8 heteroatoms. The first-order valence-corrected chi connectivity index (χ1v) is 9.76. The second-order valence-corrected chi connectivity index (χ2v) is 7.08. The standard InChI is InChI=1S/C19H16Cl2N2O3S/c1-2-25-16-6-4-3-5-13(16)15-11-27-19(22-15)23-18(24)10-26-17-8-7-12(20)9-14(17)21/h3-9,11H,2,10H2,1H3,(H,22,23,24). The molecule has 0 saturated carbocycles. The lowest BCUT2D eigenvalue weighted by molar-refractivity contribution is -0.118. The molecule has 3 rings (SSSR count). The van der Waals surface area contributed by atoms with Gasteiger partial charge in [-0.3, -0.25) is 10.1 Å². The Labute approximate surface area is 170 Å². The number of carbonyl (C=O) groups is 1. The molecule has 140 valence electrons. The molecule has 3 aromatic rings. The van der Waals surface area contributed by atoms with Crippen molar-refractivity contribution >= 4 is 45.6 Å². The number of hydrogen-bond donors (Lipinski definition) is 1. The Bertz CT molecular complexity index is 946. The summed E-state index contributed by atoms with van der Waals surface area (Å²) in [5.41, 5.74) is 1.61. The van der Waals surface area contributed by atoms with Crippen LogP contribution in [0.5, 0.6) is 11.5 Å². The average Bonchev–Trinajstić information content (AvgIpc) is 3.10. The summed E-state index contributed by atoms with van der Waals surface area (Å²) in [5.74, 6) is 0.811. The molecule has 0 aliphatic carbocycles. The third-order valence-electron chi connectivity index (χ3n) is 3.47. The molecule has 1 heterocycles. The van der Waals surface area contributed by atoms with Crippen LogP contribution in [0.4, 0.5) is 5.13 Å². The number of nitrogens with one attached hydrogen (secondary N) is 1. The molecule has 0 fully saturated rings. The quantitative estimate of drug-likeness (QED) is 0.543. The molecule has 0 atom stereocenters. The summed E-state index contributed by atoms with van der Waals surface area (Å²) in [4.78, 5) is 16.6. The van der Waals surface area contributed by atoms with Gasteiger partial charge >= 0.3 is 0 Å². The highest BCUT2D eigenvalue weighted by Crippen LogP contribution is 2.32. The number of thiazole rings is 1. The second-order valence-electron chi connectivity index (χ2n) is 5.38. The minimum absolute atomic E-state index is 0.189. The zero-order valence-electron chi connectivity index (χ0n) is 14.4. The van der Waals surface area contributed by atoms with E-state index < -0.39 is 0 Å². The molecule has 5 nitrogen and oxygen atoms in total. The third kappa shape index (κ3) is 5.13. The predicted octanol–water partition coefficient (Wildman–Crippen LogP) is 5.53. The van der Waals surface area contributed by atoms with Gasteiger partial charge in [-0.2, -0.15) is 0 Å². The van der Waals surface area contributed by atoms with Gasteiger partial charge in [0, 0.05) is 16.0 Å². The smallest absolute Gasteiger partial charge is 0.264 e. The topological polar surface area (TPSA) is 60.5 Å². The van der Waals surface area contributed by atoms with Gasteiger partial charge in [-0.25, -0.2) is 4.98 Å². The van der Waals surface area contributed by atoms with Gasteiger partial charge in [-0.1, -0.05) is 35.3 Å². The van der Waals surface area contributed by atoms with E-state index in [1.165, 1.54) is 11.3 Å². The van der Waals surface area contributed by atoms with Crippen molar-refractivity contribution in [1.82, 2.24) is 4.98 Å². The summed E-state index contributed by atoms with van der Waals surface area (Å²) in [6, 6.07) is 12.5. The number of benzene rings is 2. The van der Waals surface area contributed by atoms with E-state index in [0.29, 0.717) is 27.5 Å². The van der Waals surface area contributed by atoms with E-state index in [1.807, 2.05) is 36.6 Å². The number of para-hydroxylation sites is 1. The van der Waals surface area contributed by atoms with Gasteiger partial charge in [0.15, 0.2) is 11.7 Å². The lowest BCUT2D eigenvalue weighted by atomic mass is 10.1. The van der Waals surface area contributed by atoms with Crippen molar-refractivity contribution in [3.05, 3.63) is 57.9 Å². The molecule has 1 N–H and O–H groups in total. The van der Waals surface area contributed by atoms with Crippen molar-refractivity contribution in [3.8, 4) is 22.8 Å². The SMILES string of the molecule is CCOc1ccccc1-c1csc(NC(=O)COc2ccc(Cl)cc2Cl)n1. The van der Waals surface area contributed by atoms with Crippen LogP contribution in [-0.4, -0.2) is 24.1 Å². The normalized spacial score (nSPS) is 10.5. The number of hydrogen-bond acceptors (Lipinski definition) is 5. The van der Waals surface area contributed by atoms with Crippen LogP contribution < -0.4 is 14.8 Å². The molecule has 0 bridgehead atoms. The molecule has 0 aliphatic rings. The Morgan fingerprint density at radius 3 is 2.74 bits per heavy atom. The molecular weight excluding hydrogens is 407 g/mol. The van der Waals surface area contributed by atoms with Crippen LogP contribution in [0.25, 0.3) is 11.3 Å². The van der Waals surface area contributed by atoms with Crippen LogP contribution in [0.15, 0.2) is 47.8 Å². The molecule has 2 aromatic carbocycles. The Balaban J connectivity index is 1.63. The summed E-state index contributed by atoms with van der Waals surface area (Å²) in [5, 5.41) is 5.91. The summed E-state index contributed by atoms with van der Waals surface area (Å²) in [7, 11) is 0. The molecule has 1 aromatic heterocycles. The Morgan fingerprint density at radius 1 is 1.15 bits per heavy atom. The van der Waals surface area contributed by atoms with Gasteiger partial charge in [-0.15, -0.1) is 11.3 Å². The molecule has 0 saturated heterocycles. The Hall–Kier alpha value is -2.28. The van der Waals surface area contributed by atoms with Gasteiger partial charge in [0.25, 0.3) is 5.91 Å². The molecule has 27 heavy (non-hydrogen) atoms. The maximum Gasteiger partial charge on any atom is 0.264 e. The van der Waals surface area contributed by atoms with E-state index in [2.05, 4.69) is 10.3 Å². The minimum Gasteiger partial charge on any atom is -0.493 e. The van der Waals surface area contributed by atoms with Gasteiger partial charge in [0.2, 0.25) is 0 Å². The van der Waals surface area contributed by atoms with E-state index in [9.17, 15) is 4.79 Å². The summed E-state index contributed by atoms with van der Waals surface area (Å²) >= 11 is 13.2. The predicted molar refractivity (Wildman–Crippen MR) is 109 cm³/mol. The van der Waals surface area contributed by atoms with Gasteiger partial charge in [0.1, 0.15) is 11.5 Å². The van der Waals surface area contributed by atoms with Crippen LogP contribution in [0, 0.1) is 0 Å². The zero-order valence-corrected chi connectivity index (χ0v) is 16.7. The molecule has 0 spiro atoms. The molecular formula is C19H16Cl2N2O3S. The minimum atomic E-state index is -0.333. The average molecular weight is 423 g/mol. The Kier molecular flexibility index (Phi) is 6.55. The molecule has 0 aliphatic heterocycles. The highest BCUT2D eigenvalue weighted by molar-refractivity contribution is 7.14. The molecule has 1 amide bonds. The van der Waals surface area contributed by atoms with E-state index in [0.717, 1.165) is 17.0 Å². The van der Waals surface area contributed by atoms with Gasteiger partial charge in [0.05, 0.1) is 17.3 Å². The number of nitrogens with zero attached hydrogens (tertiary/aromatic N) is 1. The number of amides is 1. The van der Waals surface area contributed by atoms with E-state index >= 15 is 0 Å². The fraction of sp³-hybridized carbons (Fsp3) is 0.158. The van der Waals surface area contributed by atoms with Crippen molar-refractivity contribution in [3.63, 3.8) is 0 Å². The second kappa shape index (κ2) is 9.08. The van der Waals surface area contributed by atoms with Crippen molar-refractivity contribution in [2.45, 2.75) is 6.92 Å². The maximum atomic E-state index is 12.1. The lowest BCUT2D eigenvalue weighted by Crippen LogP contribution is -2.20. The van der Waals surface area contributed by atoms with Crippen LogP contribution >= 0.6 is 34.5 Å². The van der Waals surface area contributed by atoms with Crippen LogP contribution in [-0.2, 0) is 4.79 Å². The first-order chi connectivity index (χ1) is 13.1. The van der Waals surface area contributed by atoms with Gasteiger partial charge in [-0.05, 0) is 37.3 Å². The summed E-state index contributed by atoms with van der Waals surface area (Å²) < 4.78 is 11.0. The van der Waals surface area contributed by atoms with Crippen molar-refractivity contribution in [2.24, 2.45) is 0 Å². The first-order valence-electron chi connectivity index (χ1n) is 8.12. The maximum absolute atomic E-state index is 12.1. The largest absolute Gasteiger partial charge is 0.493 e. The highest BCUT2D eigenvalue weighted by atomic mass is 35.5. The number of aromatic nitrogens is 1.